The van der Waals surface area contributed by atoms with Crippen LogP contribution in [0.25, 0.3) is 16.9 Å². The first-order chi connectivity index (χ1) is 19.6. The highest BCUT2D eigenvalue weighted by Crippen LogP contribution is 2.29. The third-order valence-electron chi connectivity index (χ3n) is 7.67. The van der Waals surface area contributed by atoms with Crippen molar-refractivity contribution < 1.29 is 9.53 Å². The van der Waals surface area contributed by atoms with E-state index in [1.54, 1.807) is 20.1 Å². The predicted octanol–water partition coefficient (Wildman–Crippen LogP) is 3.77. The van der Waals surface area contributed by atoms with Gasteiger partial charge in [-0.2, -0.15) is 0 Å². The lowest BCUT2D eigenvalue weighted by Gasteiger charge is -2.24. The number of piperidine rings is 1. The molecule has 10 heteroatoms. The molecule has 0 aliphatic carbocycles. The van der Waals surface area contributed by atoms with Gasteiger partial charge in [-0.05, 0) is 68.8 Å². The number of imidazole rings is 1. The summed E-state index contributed by atoms with van der Waals surface area (Å²) in [6.45, 7) is 3.97. The molecule has 2 aliphatic heterocycles. The van der Waals surface area contributed by atoms with Crippen molar-refractivity contribution in [3.05, 3.63) is 83.6 Å². The van der Waals surface area contributed by atoms with Gasteiger partial charge in [0.1, 0.15) is 23.3 Å². The Labute approximate surface area is 232 Å². The van der Waals surface area contributed by atoms with Crippen LogP contribution in [0, 0.1) is 0 Å². The van der Waals surface area contributed by atoms with Crippen LogP contribution in [-0.4, -0.2) is 67.5 Å². The lowest BCUT2D eigenvalue weighted by Crippen LogP contribution is -2.32. The Kier molecular flexibility index (Phi) is 7.33. The number of benzene rings is 2. The van der Waals surface area contributed by atoms with Gasteiger partial charge in [0.15, 0.2) is 11.5 Å². The number of fused-ring (bicyclic) bond motifs is 1. The van der Waals surface area contributed by atoms with Crippen LogP contribution in [0.5, 0.6) is 11.5 Å². The minimum absolute atomic E-state index is 0.0283. The van der Waals surface area contributed by atoms with Crippen molar-refractivity contribution in [2.24, 2.45) is 0 Å². The monoisotopic (exact) mass is 539 g/mol. The number of nitrogens with two attached hydrogens (primary N) is 1. The molecular weight excluding hydrogens is 506 g/mol. The first-order valence-electron chi connectivity index (χ1n) is 13.8. The molecule has 0 spiro atoms. The SMILES string of the molecule is Nc1ncnc2c1n(-c1ccc(Oc3ccccc3)cc1)c(=O)n2[C@@H]1CCN(C(=O)/C=C/CN2CCCCC2)C1. The van der Waals surface area contributed by atoms with E-state index in [2.05, 4.69) is 14.9 Å². The van der Waals surface area contributed by atoms with E-state index in [1.807, 2.05) is 60.7 Å². The van der Waals surface area contributed by atoms with Crippen molar-refractivity contribution in [3.63, 3.8) is 0 Å². The standard InChI is InChI=1S/C30H33N7O3/c31-28-27-29(33-21-32-28)37(23-15-19-35(20-23)26(38)10-7-18-34-16-5-2-6-17-34)30(39)36(27)22-11-13-25(14-12-22)40-24-8-3-1-4-9-24/h1,3-4,7-14,21,23H,2,5-6,15-20H2,(H2,31,32,33)/b10-7+/t23-/m1/s1. The largest absolute Gasteiger partial charge is 0.457 e. The van der Waals surface area contributed by atoms with Crippen LogP contribution < -0.4 is 16.2 Å². The van der Waals surface area contributed by atoms with Gasteiger partial charge in [0.25, 0.3) is 0 Å². The molecule has 2 aliphatic rings. The molecule has 1 amide bonds. The number of ether oxygens (including phenoxy) is 1. The molecule has 0 saturated carbocycles. The maximum absolute atomic E-state index is 13.9. The Balaban J connectivity index is 1.23. The second kappa shape index (κ2) is 11.4. The molecule has 0 bridgehead atoms. The molecule has 206 valence electrons. The van der Waals surface area contributed by atoms with Gasteiger partial charge in [0.2, 0.25) is 5.91 Å². The van der Waals surface area contributed by atoms with Gasteiger partial charge in [-0.3, -0.25) is 18.8 Å². The maximum Gasteiger partial charge on any atom is 0.335 e. The van der Waals surface area contributed by atoms with E-state index in [0.717, 1.165) is 25.4 Å². The van der Waals surface area contributed by atoms with Crippen molar-refractivity contribution in [2.45, 2.75) is 31.7 Å². The average Bonchev–Trinajstić information content (AvgIpc) is 3.58. The second-order valence-corrected chi connectivity index (χ2v) is 10.3. The Morgan fingerprint density at radius 2 is 1.73 bits per heavy atom. The summed E-state index contributed by atoms with van der Waals surface area (Å²) in [5.41, 5.74) is 7.55. The van der Waals surface area contributed by atoms with Crippen LogP contribution in [0.15, 0.2) is 77.9 Å². The summed E-state index contributed by atoms with van der Waals surface area (Å²) < 4.78 is 9.11. The molecule has 2 saturated heterocycles. The second-order valence-electron chi connectivity index (χ2n) is 10.3. The summed E-state index contributed by atoms with van der Waals surface area (Å²) >= 11 is 0. The van der Waals surface area contributed by atoms with Crippen molar-refractivity contribution in [3.8, 4) is 17.2 Å². The van der Waals surface area contributed by atoms with Crippen LogP contribution in [0.3, 0.4) is 0 Å². The topological polar surface area (TPSA) is 112 Å². The van der Waals surface area contributed by atoms with E-state index in [-0.39, 0.29) is 23.5 Å². The van der Waals surface area contributed by atoms with Gasteiger partial charge in [0.05, 0.1) is 11.7 Å². The number of hydrogen-bond acceptors (Lipinski definition) is 7. The smallest absolute Gasteiger partial charge is 0.335 e. The number of rotatable bonds is 7. The maximum atomic E-state index is 13.9. The minimum atomic E-state index is -0.265. The number of nitrogen functional groups attached to an aromatic ring is 1. The van der Waals surface area contributed by atoms with E-state index in [4.69, 9.17) is 10.5 Å². The van der Waals surface area contributed by atoms with Crippen LogP contribution in [0.4, 0.5) is 5.82 Å². The zero-order valence-electron chi connectivity index (χ0n) is 22.4. The number of para-hydroxylation sites is 1. The van der Waals surface area contributed by atoms with Gasteiger partial charge in [-0.15, -0.1) is 0 Å². The number of anilines is 1. The van der Waals surface area contributed by atoms with E-state index < -0.39 is 0 Å². The first kappa shape index (κ1) is 25.8. The van der Waals surface area contributed by atoms with Crippen LogP contribution in [-0.2, 0) is 4.79 Å². The summed E-state index contributed by atoms with van der Waals surface area (Å²) in [6.07, 6.45) is 9.37. The zero-order valence-corrected chi connectivity index (χ0v) is 22.4. The molecule has 1 atom stereocenters. The molecule has 2 aromatic heterocycles. The number of carbonyl (C=O) groups is 1. The van der Waals surface area contributed by atoms with Crippen LogP contribution >= 0.6 is 0 Å². The Morgan fingerprint density at radius 1 is 0.975 bits per heavy atom. The predicted molar refractivity (Wildman–Crippen MR) is 154 cm³/mol. The fourth-order valence-corrected chi connectivity index (χ4v) is 5.63. The van der Waals surface area contributed by atoms with Gasteiger partial charge in [-0.1, -0.05) is 30.7 Å². The fraction of sp³-hybridized carbons (Fsp3) is 0.333. The van der Waals surface area contributed by atoms with Gasteiger partial charge >= 0.3 is 5.69 Å². The zero-order chi connectivity index (χ0) is 27.5. The highest BCUT2D eigenvalue weighted by molar-refractivity contribution is 5.88. The van der Waals surface area contributed by atoms with Crippen LogP contribution in [0.1, 0.15) is 31.7 Å². The number of carbonyl (C=O) groups excluding carboxylic acids is 1. The molecule has 6 rings (SSSR count). The first-order valence-corrected chi connectivity index (χ1v) is 13.8. The van der Waals surface area contributed by atoms with Crippen molar-refractivity contribution >= 4 is 22.9 Å². The normalized spacial score (nSPS) is 18.1. The Hall–Kier alpha value is -4.44. The highest BCUT2D eigenvalue weighted by atomic mass is 16.5. The number of likely N-dealkylation sites (tertiary alicyclic amines) is 2. The molecule has 4 aromatic rings. The molecule has 0 radical (unpaired) electrons. The van der Waals surface area contributed by atoms with E-state index in [9.17, 15) is 9.59 Å². The molecule has 4 heterocycles. The Bertz CT molecular complexity index is 1570. The third-order valence-corrected chi connectivity index (χ3v) is 7.67. The van der Waals surface area contributed by atoms with E-state index in [1.165, 1.54) is 25.6 Å². The van der Waals surface area contributed by atoms with E-state index >= 15 is 0 Å². The minimum Gasteiger partial charge on any atom is -0.457 e. The number of nitrogens with zero attached hydrogens (tertiary/aromatic N) is 6. The summed E-state index contributed by atoms with van der Waals surface area (Å²) in [7, 11) is 0. The Morgan fingerprint density at radius 3 is 2.50 bits per heavy atom. The van der Waals surface area contributed by atoms with Gasteiger partial charge in [0, 0.05) is 25.7 Å². The average molecular weight is 540 g/mol. The summed E-state index contributed by atoms with van der Waals surface area (Å²) in [4.78, 5) is 39.6. The van der Waals surface area contributed by atoms with Crippen molar-refractivity contribution in [1.29, 1.82) is 0 Å². The molecule has 40 heavy (non-hydrogen) atoms. The summed E-state index contributed by atoms with van der Waals surface area (Å²) in [5, 5.41) is 0. The number of aromatic nitrogens is 4. The number of hydrogen-bond donors (Lipinski definition) is 1. The number of amides is 1. The quantitative estimate of drug-likeness (QED) is 0.356. The lowest BCUT2D eigenvalue weighted by atomic mass is 10.1. The summed E-state index contributed by atoms with van der Waals surface area (Å²) in [5.74, 6) is 1.56. The molecule has 0 unspecified atom stereocenters. The third kappa shape index (κ3) is 5.22. The van der Waals surface area contributed by atoms with Crippen LogP contribution in [0.2, 0.25) is 0 Å². The summed E-state index contributed by atoms with van der Waals surface area (Å²) in [6, 6.07) is 16.5. The molecular formula is C30H33N7O3. The van der Waals surface area contributed by atoms with Gasteiger partial charge < -0.3 is 15.4 Å². The molecule has 2 N–H and O–H groups in total. The molecule has 2 aromatic carbocycles. The van der Waals surface area contributed by atoms with Crippen molar-refractivity contribution in [2.75, 3.05) is 38.5 Å². The van der Waals surface area contributed by atoms with Crippen molar-refractivity contribution in [1.82, 2.24) is 28.9 Å². The fourth-order valence-electron chi connectivity index (χ4n) is 5.63. The van der Waals surface area contributed by atoms with Gasteiger partial charge in [-0.25, -0.2) is 14.8 Å². The molecule has 10 nitrogen and oxygen atoms in total. The molecule has 2 fully saturated rings. The highest BCUT2D eigenvalue weighted by Gasteiger charge is 2.31. The lowest BCUT2D eigenvalue weighted by molar-refractivity contribution is -0.125. The van der Waals surface area contributed by atoms with E-state index in [0.29, 0.717) is 42.1 Å².